The molecule has 6 rings (SSSR count). The molecule has 3 aromatic carbocycles. The molecule has 0 spiro atoms. The van der Waals surface area contributed by atoms with Gasteiger partial charge in [0.25, 0.3) is 0 Å². The van der Waals surface area contributed by atoms with Crippen molar-refractivity contribution in [3.63, 3.8) is 0 Å². The van der Waals surface area contributed by atoms with Crippen LogP contribution in [-0.2, 0) is 12.6 Å². The second-order valence-electron chi connectivity index (χ2n) is 10.8. The fourth-order valence-corrected chi connectivity index (χ4v) is 6.53. The molecule has 5 nitrogen and oxygen atoms in total. The highest BCUT2D eigenvalue weighted by molar-refractivity contribution is 6.08. The normalized spacial score (nSPS) is 16.1. The van der Waals surface area contributed by atoms with E-state index in [1.807, 2.05) is 6.07 Å². The van der Waals surface area contributed by atoms with Crippen LogP contribution in [0.1, 0.15) is 51.8 Å². The number of hydrogen-bond donors (Lipinski definition) is 0. The highest BCUT2D eigenvalue weighted by Crippen LogP contribution is 2.51. The van der Waals surface area contributed by atoms with Gasteiger partial charge in [0.05, 0.1) is 30.0 Å². The molecule has 0 amide bonds. The quantitative estimate of drug-likeness (QED) is 0.252. The van der Waals surface area contributed by atoms with Crippen LogP contribution in [0, 0.1) is 6.92 Å². The maximum Gasteiger partial charge on any atom is 0.198 e. The smallest absolute Gasteiger partial charge is 0.198 e. The molecule has 3 heterocycles. The lowest BCUT2D eigenvalue weighted by atomic mass is 9.84. The lowest BCUT2D eigenvalue weighted by molar-refractivity contribution is -0.789. The van der Waals surface area contributed by atoms with Crippen LogP contribution < -0.4 is 14.5 Å². The number of aromatic nitrogens is 2. The summed E-state index contributed by atoms with van der Waals surface area (Å²) in [5, 5.41) is 2.40. The number of anilines is 3. The molecule has 36 heavy (non-hydrogen) atoms. The fourth-order valence-electron chi connectivity index (χ4n) is 6.53. The second-order valence-corrected chi connectivity index (χ2v) is 10.8. The van der Waals surface area contributed by atoms with Crippen LogP contribution in [0.15, 0.2) is 77.3 Å². The van der Waals surface area contributed by atoms with E-state index >= 15 is 0 Å². The first kappa shape index (κ1) is 22.7. The molecular formula is C31H35N4O+. The number of fused-ring (bicyclic) bond motifs is 4. The van der Waals surface area contributed by atoms with Crippen molar-refractivity contribution in [3.8, 4) is 0 Å². The second kappa shape index (κ2) is 7.89. The zero-order valence-corrected chi connectivity index (χ0v) is 22.3. The lowest BCUT2D eigenvalue weighted by Gasteiger charge is -2.43. The Hall–Kier alpha value is -3.73. The Kier molecular flexibility index (Phi) is 4.98. The van der Waals surface area contributed by atoms with E-state index < -0.39 is 0 Å². The van der Waals surface area contributed by atoms with Crippen molar-refractivity contribution in [2.75, 3.05) is 9.80 Å². The number of aryl methyl sites for hydroxylation is 1. The molecule has 1 aliphatic rings. The van der Waals surface area contributed by atoms with Gasteiger partial charge in [-0.05, 0) is 76.9 Å². The standard InChI is InChI=1S/C31H35N4O/c1-20(2)33-19-18-28(32(33)7)34-22(4)35(25-14-10-9-13-24(25)34)31(5,6)30-21(3)16-17-27-29(30)23-12-8-11-15-26(23)36-27/h8-20,22H,1-7H3/q+1/t22-/m1/s1. The maximum absolute atomic E-state index is 6.30. The third kappa shape index (κ3) is 3.05. The Morgan fingerprint density at radius 1 is 0.889 bits per heavy atom. The van der Waals surface area contributed by atoms with Gasteiger partial charge >= 0.3 is 0 Å². The Morgan fingerprint density at radius 3 is 2.31 bits per heavy atom. The first-order chi connectivity index (χ1) is 17.2. The maximum atomic E-state index is 6.30. The molecule has 0 bridgehead atoms. The van der Waals surface area contributed by atoms with Gasteiger partial charge in [-0.2, -0.15) is 0 Å². The van der Waals surface area contributed by atoms with E-state index in [9.17, 15) is 0 Å². The van der Waals surface area contributed by atoms with E-state index in [-0.39, 0.29) is 11.7 Å². The third-order valence-corrected chi connectivity index (χ3v) is 7.94. The Balaban J connectivity index is 1.57. The Bertz CT molecular complexity index is 1610. The monoisotopic (exact) mass is 479 g/mol. The number of furan rings is 1. The van der Waals surface area contributed by atoms with E-state index in [2.05, 4.69) is 135 Å². The van der Waals surface area contributed by atoms with Crippen molar-refractivity contribution in [1.82, 2.24) is 4.68 Å². The summed E-state index contributed by atoms with van der Waals surface area (Å²) in [5.41, 5.74) is 6.65. The van der Waals surface area contributed by atoms with Crippen molar-refractivity contribution >= 4 is 39.1 Å². The molecule has 0 saturated heterocycles. The van der Waals surface area contributed by atoms with Crippen LogP contribution in [0.5, 0.6) is 0 Å². The SMILES string of the molecule is Cc1ccc2oc3ccccc3c2c1C(C)(C)N1c2ccccc2N(c2cc[n+](C(C)C)n2C)[C@H]1C. The topological polar surface area (TPSA) is 28.4 Å². The van der Waals surface area contributed by atoms with Gasteiger partial charge in [-0.15, -0.1) is 9.36 Å². The molecule has 1 aliphatic heterocycles. The summed E-state index contributed by atoms with van der Waals surface area (Å²) in [4.78, 5) is 5.05. The minimum atomic E-state index is -0.306. The van der Waals surface area contributed by atoms with Gasteiger partial charge in [0.2, 0.25) is 0 Å². The largest absolute Gasteiger partial charge is 0.456 e. The molecular weight excluding hydrogens is 444 g/mol. The van der Waals surface area contributed by atoms with Gasteiger partial charge < -0.3 is 14.2 Å². The van der Waals surface area contributed by atoms with E-state index in [1.165, 1.54) is 39.1 Å². The number of para-hydroxylation sites is 3. The number of benzene rings is 3. The molecule has 0 saturated carbocycles. The zero-order valence-electron chi connectivity index (χ0n) is 22.3. The summed E-state index contributed by atoms with van der Waals surface area (Å²) in [6.07, 6.45) is 2.30. The van der Waals surface area contributed by atoms with Gasteiger partial charge in [-0.1, -0.05) is 36.4 Å². The molecule has 0 fully saturated rings. The van der Waals surface area contributed by atoms with E-state index in [1.54, 1.807) is 0 Å². The van der Waals surface area contributed by atoms with Crippen LogP contribution in [0.2, 0.25) is 0 Å². The van der Waals surface area contributed by atoms with Crippen LogP contribution >= 0.6 is 0 Å². The zero-order chi connectivity index (χ0) is 25.4. The van der Waals surface area contributed by atoms with E-state index in [0.29, 0.717) is 6.04 Å². The van der Waals surface area contributed by atoms with Gasteiger partial charge in [0, 0.05) is 10.8 Å². The summed E-state index contributed by atoms with van der Waals surface area (Å²) in [7, 11) is 2.15. The molecule has 5 heteroatoms. The van der Waals surface area contributed by atoms with Crippen molar-refractivity contribution in [3.05, 3.63) is 84.1 Å². The highest BCUT2D eigenvalue weighted by Gasteiger charge is 2.45. The predicted octanol–water partition coefficient (Wildman–Crippen LogP) is 7.34. The molecule has 5 aromatic rings. The summed E-state index contributed by atoms with van der Waals surface area (Å²) >= 11 is 0. The lowest BCUT2D eigenvalue weighted by Crippen LogP contribution is -2.50. The number of hydrogen-bond acceptors (Lipinski definition) is 3. The summed E-state index contributed by atoms with van der Waals surface area (Å²) in [6, 6.07) is 24.1. The van der Waals surface area contributed by atoms with E-state index in [0.717, 1.165) is 11.2 Å². The first-order valence-corrected chi connectivity index (χ1v) is 12.9. The highest BCUT2D eigenvalue weighted by atomic mass is 16.3. The van der Waals surface area contributed by atoms with Gasteiger partial charge in [0.15, 0.2) is 18.1 Å². The summed E-state index contributed by atoms with van der Waals surface area (Å²) in [6.45, 7) is 13.7. The number of rotatable bonds is 4. The minimum Gasteiger partial charge on any atom is -0.456 e. The average molecular weight is 480 g/mol. The van der Waals surface area contributed by atoms with Gasteiger partial charge in [0.1, 0.15) is 17.3 Å². The Labute approximate surface area is 213 Å². The van der Waals surface area contributed by atoms with Crippen LogP contribution in [0.25, 0.3) is 21.9 Å². The van der Waals surface area contributed by atoms with Crippen LogP contribution in [0.3, 0.4) is 0 Å². The molecule has 0 radical (unpaired) electrons. The van der Waals surface area contributed by atoms with Crippen molar-refractivity contribution in [2.45, 2.75) is 59.3 Å². The van der Waals surface area contributed by atoms with Crippen LogP contribution in [0.4, 0.5) is 17.2 Å². The van der Waals surface area contributed by atoms with Crippen molar-refractivity contribution in [1.29, 1.82) is 0 Å². The van der Waals surface area contributed by atoms with Gasteiger partial charge in [-0.3, -0.25) is 0 Å². The Morgan fingerprint density at radius 2 is 1.58 bits per heavy atom. The minimum absolute atomic E-state index is 0.111. The molecule has 2 aromatic heterocycles. The summed E-state index contributed by atoms with van der Waals surface area (Å²) < 4.78 is 10.8. The molecule has 1 atom stereocenters. The molecule has 0 aliphatic carbocycles. The molecule has 0 unspecified atom stereocenters. The molecule has 0 N–H and O–H groups in total. The average Bonchev–Trinajstić information content (AvgIpc) is 3.49. The summed E-state index contributed by atoms with van der Waals surface area (Å²) in [5.74, 6) is 1.19. The predicted molar refractivity (Wildman–Crippen MR) is 148 cm³/mol. The van der Waals surface area contributed by atoms with E-state index in [4.69, 9.17) is 4.42 Å². The third-order valence-electron chi connectivity index (χ3n) is 7.94. The first-order valence-electron chi connectivity index (χ1n) is 12.9. The van der Waals surface area contributed by atoms with Crippen molar-refractivity contribution in [2.24, 2.45) is 7.05 Å². The fraction of sp³-hybridized carbons (Fsp3) is 0.323. The van der Waals surface area contributed by atoms with Crippen molar-refractivity contribution < 1.29 is 9.10 Å². The number of nitrogens with zero attached hydrogens (tertiary/aromatic N) is 4. The molecule has 184 valence electrons. The van der Waals surface area contributed by atoms with Crippen LogP contribution in [-0.4, -0.2) is 10.8 Å². The van der Waals surface area contributed by atoms with Gasteiger partial charge in [-0.25, -0.2) is 0 Å².